The van der Waals surface area contributed by atoms with E-state index in [4.69, 9.17) is 9.47 Å². The minimum atomic E-state index is -0.942. The molecule has 1 saturated heterocycles. The number of fused-ring (bicyclic) bond motifs is 7. The number of aliphatic hydroxyl groups is 1. The Kier molecular flexibility index (Phi) is 3.87. The van der Waals surface area contributed by atoms with Crippen molar-refractivity contribution in [3.8, 4) is 23.0 Å². The molecule has 2 heterocycles. The van der Waals surface area contributed by atoms with E-state index >= 15 is 0 Å². The highest BCUT2D eigenvalue weighted by Crippen LogP contribution is 2.51. The fraction of sp³-hybridized carbons (Fsp3) is 0.364. The summed E-state index contributed by atoms with van der Waals surface area (Å²) in [5.41, 5.74) is 1.42. The first-order chi connectivity index (χ1) is 13.9. The Hall–Kier alpha value is -2.74. The van der Waals surface area contributed by atoms with E-state index in [2.05, 4.69) is 0 Å². The molecule has 3 aromatic rings. The van der Waals surface area contributed by atoms with Crippen LogP contribution in [0.1, 0.15) is 30.1 Å². The topological polar surface area (TPSA) is 102 Å². The number of benzene rings is 3. The fourth-order valence-electron chi connectivity index (χ4n) is 5.27. The molecule has 152 valence electrons. The lowest BCUT2D eigenvalue weighted by Gasteiger charge is -2.50. The van der Waals surface area contributed by atoms with Gasteiger partial charge in [0.15, 0.2) is 23.0 Å². The van der Waals surface area contributed by atoms with E-state index in [-0.39, 0.29) is 18.0 Å². The lowest BCUT2D eigenvalue weighted by atomic mass is 9.83. The van der Waals surface area contributed by atoms with Gasteiger partial charge in [0.2, 0.25) is 0 Å². The third-order valence-electron chi connectivity index (χ3n) is 6.62. The van der Waals surface area contributed by atoms with Gasteiger partial charge in [-0.15, -0.1) is 0 Å². The molecule has 0 aliphatic carbocycles. The summed E-state index contributed by atoms with van der Waals surface area (Å²) in [4.78, 5) is 0. The summed E-state index contributed by atoms with van der Waals surface area (Å²) in [6.45, 7) is 0.732. The van der Waals surface area contributed by atoms with Gasteiger partial charge in [-0.05, 0) is 34.4 Å². The summed E-state index contributed by atoms with van der Waals surface area (Å²) < 4.78 is 10.5. The van der Waals surface area contributed by atoms with E-state index in [0.29, 0.717) is 51.6 Å². The molecule has 3 aromatic carbocycles. The van der Waals surface area contributed by atoms with Crippen LogP contribution in [-0.2, 0) is 6.54 Å². The molecule has 0 aromatic heterocycles. The van der Waals surface area contributed by atoms with Crippen LogP contribution in [0.3, 0.4) is 0 Å². The standard InChI is InChI=1S/C22H23NO6/c1-28-17-8-12-13(9-18(17)29-2)19-11(5-6-16(24)22(19)26)20-14(12)10-23(27)7-3-4-15(23)21(20)25/h5-6,8-9,15,21,24-26H,3-4,7,10H2,1-2H3/t15-,21+,23?/m0/s1. The van der Waals surface area contributed by atoms with Crippen LogP contribution in [0.25, 0.3) is 21.5 Å². The molecule has 7 heteroatoms. The van der Waals surface area contributed by atoms with Crippen molar-refractivity contribution in [1.82, 2.24) is 0 Å². The first kappa shape index (κ1) is 18.3. The van der Waals surface area contributed by atoms with Gasteiger partial charge in [0.1, 0.15) is 18.7 Å². The predicted molar refractivity (Wildman–Crippen MR) is 108 cm³/mol. The smallest absolute Gasteiger partial charge is 0.166 e. The molecule has 7 nitrogen and oxygen atoms in total. The van der Waals surface area contributed by atoms with Gasteiger partial charge in [0, 0.05) is 29.4 Å². The second-order valence-corrected chi connectivity index (χ2v) is 7.99. The Labute approximate surface area is 167 Å². The minimum Gasteiger partial charge on any atom is -0.632 e. The third kappa shape index (κ3) is 2.35. The molecule has 1 fully saturated rings. The molecule has 29 heavy (non-hydrogen) atoms. The van der Waals surface area contributed by atoms with Crippen molar-refractivity contribution >= 4 is 21.5 Å². The highest BCUT2D eigenvalue weighted by molar-refractivity contribution is 6.15. The maximum atomic E-state index is 13.5. The Bertz CT molecular complexity index is 1160. The van der Waals surface area contributed by atoms with Crippen molar-refractivity contribution in [2.24, 2.45) is 0 Å². The number of hydrogen-bond donors (Lipinski definition) is 3. The summed E-state index contributed by atoms with van der Waals surface area (Å²) in [7, 11) is 3.06. The average molecular weight is 397 g/mol. The van der Waals surface area contributed by atoms with Crippen LogP contribution in [-0.4, -0.2) is 46.8 Å². The van der Waals surface area contributed by atoms with E-state index in [1.54, 1.807) is 18.2 Å². The van der Waals surface area contributed by atoms with E-state index < -0.39 is 16.8 Å². The molecule has 0 saturated carbocycles. The lowest BCUT2D eigenvalue weighted by Crippen LogP contribution is -2.51. The Balaban J connectivity index is 1.98. The molecule has 0 amide bonds. The number of rotatable bonds is 2. The predicted octanol–water partition coefficient (Wildman–Crippen LogP) is 3.45. The Morgan fingerprint density at radius 3 is 2.41 bits per heavy atom. The van der Waals surface area contributed by atoms with Gasteiger partial charge in [0.25, 0.3) is 0 Å². The van der Waals surface area contributed by atoms with Crippen LogP contribution in [0.15, 0.2) is 24.3 Å². The van der Waals surface area contributed by atoms with Crippen molar-refractivity contribution < 1.29 is 29.4 Å². The highest BCUT2D eigenvalue weighted by Gasteiger charge is 2.46. The van der Waals surface area contributed by atoms with Gasteiger partial charge in [-0.1, -0.05) is 6.07 Å². The molecule has 3 N–H and O–H groups in total. The maximum Gasteiger partial charge on any atom is 0.166 e. The second kappa shape index (κ2) is 6.13. The van der Waals surface area contributed by atoms with Crippen molar-refractivity contribution in [2.45, 2.75) is 31.5 Å². The Morgan fingerprint density at radius 2 is 1.72 bits per heavy atom. The van der Waals surface area contributed by atoms with Crippen LogP contribution in [0.5, 0.6) is 23.0 Å². The number of methoxy groups -OCH3 is 2. The zero-order valence-electron chi connectivity index (χ0n) is 16.3. The number of quaternary nitrogens is 1. The number of nitrogens with zero attached hydrogens (tertiary/aromatic N) is 1. The van der Waals surface area contributed by atoms with Crippen molar-refractivity contribution in [1.29, 1.82) is 0 Å². The molecule has 2 aliphatic heterocycles. The first-order valence-electron chi connectivity index (χ1n) is 9.70. The van der Waals surface area contributed by atoms with E-state index in [9.17, 15) is 20.5 Å². The summed E-state index contributed by atoms with van der Waals surface area (Å²) >= 11 is 0. The number of aromatic hydroxyl groups is 2. The molecular weight excluding hydrogens is 374 g/mol. The van der Waals surface area contributed by atoms with Crippen LogP contribution < -0.4 is 9.47 Å². The number of hydrogen-bond acceptors (Lipinski definition) is 6. The van der Waals surface area contributed by atoms with Crippen LogP contribution in [0.2, 0.25) is 0 Å². The van der Waals surface area contributed by atoms with Crippen LogP contribution in [0.4, 0.5) is 0 Å². The molecule has 0 radical (unpaired) electrons. The van der Waals surface area contributed by atoms with Crippen molar-refractivity contribution in [2.75, 3.05) is 20.8 Å². The molecular formula is C22H23NO6. The van der Waals surface area contributed by atoms with Gasteiger partial charge in [-0.2, -0.15) is 0 Å². The number of aliphatic hydroxyl groups excluding tert-OH is 1. The van der Waals surface area contributed by atoms with Gasteiger partial charge in [-0.3, -0.25) is 0 Å². The van der Waals surface area contributed by atoms with E-state index in [1.165, 1.54) is 20.3 Å². The summed E-state index contributed by atoms with van der Waals surface area (Å²) in [6.07, 6.45) is 0.500. The largest absolute Gasteiger partial charge is 0.632 e. The summed E-state index contributed by atoms with van der Waals surface area (Å²) in [5, 5.41) is 48.0. The number of hydroxylamine groups is 3. The van der Waals surface area contributed by atoms with Crippen molar-refractivity contribution in [3.05, 3.63) is 40.6 Å². The zero-order chi connectivity index (χ0) is 20.5. The average Bonchev–Trinajstić information content (AvgIpc) is 3.11. The normalized spacial score (nSPS) is 25.8. The molecule has 3 atom stereocenters. The number of phenols is 2. The van der Waals surface area contributed by atoms with Crippen LogP contribution in [0, 0.1) is 5.21 Å². The van der Waals surface area contributed by atoms with E-state index in [0.717, 1.165) is 12.0 Å². The second-order valence-electron chi connectivity index (χ2n) is 7.99. The van der Waals surface area contributed by atoms with Crippen molar-refractivity contribution in [3.63, 3.8) is 0 Å². The van der Waals surface area contributed by atoms with Gasteiger partial charge >= 0.3 is 0 Å². The summed E-state index contributed by atoms with van der Waals surface area (Å²) in [5.74, 6) is 0.477. The summed E-state index contributed by atoms with van der Waals surface area (Å²) in [6, 6.07) is 6.22. The van der Waals surface area contributed by atoms with Gasteiger partial charge < -0.3 is 34.6 Å². The SMILES string of the molecule is COc1cc2c3c(c4ccc(O)c(O)c4c2cc1OC)[C@H](O)[C@@H]1CCC[N+]1([O-])C3. The minimum absolute atomic E-state index is 0.242. The molecule has 1 unspecified atom stereocenters. The monoisotopic (exact) mass is 397 g/mol. The van der Waals surface area contributed by atoms with E-state index in [1.807, 2.05) is 0 Å². The lowest BCUT2D eigenvalue weighted by molar-refractivity contribution is -0.912. The molecule has 0 spiro atoms. The van der Waals surface area contributed by atoms with Crippen LogP contribution >= 0.6 is 0 Å². The third-order valence-corrected chi connectivity index (χ3v) is 6.62. The Morgan fingerprint density at radius 1 is 1.03 bits per heavy atom. The van der Waals surface area contributed by atoms with Gasteiger partial charge in [-0.25, -0.2) is 0 Å². The molecule has 5 rings (SSSR count). The highest BCUT2D eigenvalue weighted by atomic mass is 16.6. The molecule has 0 bridgehead atoms. The van der Waals surface area contributed by atoms with Gasteiger partial charge in [0.05, 0.1) is 20.8 Å². The quantitative estimate of drug-likeness (QED) is 0.265. The maximum absolute atomic E-state index is 13.5. The zero-order valence-corrected chi connectivity index (χ0v) is 16.3. The number of ether oxygens (including phenoxy) is 2. The molecule has 2 aliphatic rings. The number of phenolic OH excluding ortho intramolecular Hbond substituents is 2. The fourth-order valence-corrected chi connectivity index (χ4v) is 5.27. The first-order valence-corrected chi connectivity index (χ1v) is 9.70.